The maximum absolute atomic E-state index is 13.6. The van der Waals surface area contributed by atoms with E-state index in [0.717, 1.165) is 18.5 Å². The first-order valence-corrected chi connectivity index (χ1v) is 9.50. The number of amides is 2. The van der Waals surface area contributed by atoms with Gasteiger partial charge in [-0.3, -0.25) is 14.7 Å². The number of nitrogens with zero attached hydrogens (tertiary/aromatic N) is 2. The first kappa shape index (κ1) is 17.7. The van der Waals surface area contributed by atoms with Gasteiger partial charge in [-0.25, -0.2) is 4.39 Å². The molecule has 2 heterocycles. The van der Waals surface area contributed by atoms with Gasteiger partial charge in [-0.05, 0) is 37.0 Å². The molecule has 142 valence electrons. The Kier molecular flexibility index (Phi) is 4.92. The number of halogens is 1. The quantitative estimate of drug-likeness (QED) is 0.847. The Morgan fingerprint density at radius 3 is 2.78 bits per heavy atom. The Bertz CT molecular complexity index is 859. The van der Waals surface area contributed by atoms with Crippen LogP contribution >= 0.6 is 0 Å². The van der Waals surface area contributed by atoms with Crippen LogP contribution in [0.15, 0.2) is 24.3 Å². The molecule has 0 radical (unpaired) electrons. The van der Waals surface area contributed by atoms with Crippen LogP contribution in [0.2, 0.25) is 0 Å². The molecule has 0 atom stereocenters. The lowest BCUT2D eigenvalue weighted by Crippen LogP contribution is -2.36. The molecule has 7 heteroatoms. The summed E-state index contributed by atoms with van der Waals surface area (Å²) < 4.78 is 13.6. The van der Waals surface area contributed by atoms with Crippen LogP contribution in [0.25, 0.3) is 0 Å². The molecule has 0 bridgehead atoms. The second-order valence-electron chi connectivity index (χ2n) is 7.21. The molecule has 0 unspecified atom stereocenters. The summed E-state index contributed by atoms with van der Waals surface area (Å²) >= 11 is 0. The highest BCUT2D eigenvalue weighted by molar-refractivity contribution is 5.94. The Hall–Kier alpha value is -2.70. The Balaban J connectivity index is 1.28. The molecule has 1 fully saturated rings. The minimum atomic E-state index is -0.560. The van der Waals surface area contributed by atoms with Crippen molar-refractivity contribution in [2.24, 2.45) is 0 Å². The van der Waals surface area contributed by atoms with Crippen molar-refractivity contribution in [2.75, 3.05) is 19.6 Å². The summed E-state index contributed by atoms with van der Waals surface area (Å²) in [4.78, 5) is 26.4. The number of aromatic nitrogens is 2. The van der Waals surface area contributed by atoms with Crippen molar-refractivity contribution in [1.29, 1.82) is 0 Å². The molecule has 1 aliphatic carbocycles. The summed E-state index contributed by atoms with van der Waals surface area (Å²) in [5.74, 6) is -0.447. The monoisotopic (exact) mass is 370 g/mol. The van der Waals surface area contributed by atoms with Crippen molar-refractivity contribution in [3.8, 4) is 0 Å². The number of carbonyl (C=O) groups excluding carboxylic acids is 2. The highest BCUT2D eigenvalue weighted by Crippen LogP contribution is 2.41. The van der Waals surface area contributed by atoms with Gasteiger partial charge in [0.15, 0.2) is 0 Å². The number of benzene rings is 1. The summed E-state index contributed by atoms with van der Waals surface area (Å²) in [7, 11) is 0. The molecule has 1 aromatic carbocycles. The Morgan fingerprint density at radius 2 is 2.00 bits per heavy atom. The second-order valence-corrected chi connectivity index (χ2v) is 7.21. The fraction of sp³-hybridized carbons (Fsp3) is 0.450. The summed E-state index contributed by atoms with van der Waals surface area (Å²) in [6, 6.07) is 5.83. The summed E-state index contributed by atoms with van der Waals surface area (Å²) in [6.45, 7) is 1.52. The largest absolute Gasteiger partial charge is 0.351 e. The highest BCUT2D eigenvalue weighted by Gasteiger charge is 2.31. The molecule has 2 aliphatic rings. The van der Waals surface area contributed by atoms with Gasteiger partial charge >= 0.3 is 0 Å². The molecule has 1 aromatic heterocycles. The van der Waals surface area contributed by atoms with Gasteiger partial charge in [0.05, 0.1) is 11.3 Å². The average Bonchev–Trinajstić information content (AvgIpc) is 3.46. The SMILES string of the molecule is O=C(NCCC(=O)N1CCc2[nH]nc(C3CC3)c2CC1)c1ccccc1F. The normalized spacial score (nSPS) is 16.6. The van der Waals surface area contributed by atoms with Gasteiger partial charge in [0.25, 0.3) is 5.91 Å². The zero-order chi connectivity index (χ0) is 18.8. The number of rotatable bonds is 5. The van der Waals surface area contributed by atoms with Crippen LogP contribution < -0.4 is 5.32 Å². The van der Waals surface area contributed by atoms with E-state index in [0.29, 0.717) is 19.0 Å². The summed E-state index contributed by atoms with van der Waals surface area (Å²) in [6.07, 6.45) is 4.23. The summed E-state index contributed by atoms with van der Waals surface area (Å²) in [5.41, 5.74) is 3.63. The first-order valence-electron chi connectivity index (χ1n) is 9.50. The van der Waals surface area contributed by atoms with E-state index in [4.69, 9.17) is 0 Å². The van der Waals surface area contributed by atoms with Crippen molar-refractivity contribution in [1.82, 2.24) is 20.4 Å². The fourth-order valence-electron chi connectivity index (χ4n) is 3.63. The highest BCUT2D eigenvalue weighted by atomic mass is 19.1. The van der Waals surface area contributed by atoms with E-state index in [1.807, 2.05) is 4.90 Å². The lowest BCUT2D eigenvalue weighted by Gasteiger charge is -2.20. The van der Waals surface area contributed by atoms with Crippen molar-refractivity contribution in [3.05, 3.63) is 52.6 Å². The van der Waals surface area contributed by atoms with Gasteiger partial charge in [0.2, 0.25) is 5.91 Å². The van der Waals surface area contributed by atoms with Crippen LogP contribution in [0.3, 0.4) is 0 Å². The fourth-order valence-corrected chi connectivity index (χ4v) is 3.63. The number of H-pyrrole nitrogens is 1. The number of fused-ring (bicyclic) bond motifs is 1. The molecule has 0 saturated heterocycles. The molecule has 1 saturated carbocycles. The van der Waals surface area contributed by atoms with Gasteiger partial charge in [0, 0.05) is 44.1 Å². The van der Waals surface area contributed by atoms with Crippen molar-refractivity contribution in [3.63, 3.8) is 0 Å². The molecular weight excluding hydrogens is 347 g/mol. The van der Waals surface area contributed by atoms with E-state index in [1.165, 1.54) is 42.3 Å². The van der Waals surface area contributed by atoms with Crippen LogP contribution in [0.4, 0.5) is 4.39 Å². The van der Waals surface area contributed by atoms with E-state index in [-0.39, 0.29) is 24.4 Å². The van der Waals surface area contributed by atoms with E-state index in [2.05, 4.69) is 15.5 Å². The molecule has 6 nitrogen and oxygen atoms in total. The molecular formula is C20H23FN4O2. The third kappa shape index (κ3) is 3.86. The molecule has 1 aliphatic heterocycles. The Labute approximate surface area is 157 Å². The number of aromatic amines is 1. The van der Waals surface area contributed by atoms with Crippen LogP contribution in [0, 0.1) is 5.82 Å². The second kappa shape index (κ2) is 7.50. The standard InChI is InChI=1S/C20H23FN4O2/c21-16-4-2-1-3-14(16)20(27)22-10-7-18(26)25-11-8-15-17(9-12-25)23-24-19(15)13-5-6-13/h1-4,13H,5-12H2,(H,22,27)(H,23,24). The van der Waals surface area contributed by atoms with Gasteiger partial charge in [-0.1, -0.05) is 12.1 Å². The number of carbonyl (C=O) groups is 2. The molecule has 0 spiro atoms. The minimum absolute atomic E-state index is 0.00156. The van der Waals surface area contributed by atoms with Crippen molar-refractivity contribution < 1.29 is 14.0 Å². The number of nitrogens with one attached hydrogen (secondary N) is 2. The first-order chi connectivity index (χ1) is 13.1. The van der Waals surface area contributed by atoms with Crippen LogP contribution in [-0.2, 0) is 17.6 Å². The lowest BCUT2D eigenvalue weighted by atomic mass is 10.1. The summed E-state index contributed by atoms with van der Waals surface area (Å²) in [5, 5.41) is 10.2. The maximum Gasteiger partial charge on any atom is 0.254 e. The van der Waals surface area contributed by atoms with Gasteiger partial charge in [-0.15, -0.1) is 0 Å². The van der Waals surface area contributed by atoms with Crippen LogP contribution in [-0.4, -0.2) is 46.5 Å². The molecule has 27 heavy (non-hydrogen) atoms. The molecule has 2 amide bonds. The predicted molar refractivity (Wildman–Crippen MR) is 97.9 cm³/mol. The van der Waals surface area contributed by atoms with E-state index in [9.17, 15) is 14.0 Å². The van der Waals surface area contributed by atoms with Gasteiger partial charge < -0.3 is 10.2 Å². The van der Waals surface area contributed by atoms with Crippen LogP contribution in [0.5, 0.6) is 0 Å². The van der Waals surface area contributed by atoms with Crippen molar-refractivity contribution >= 4 is 11.8 Å². The van der Waals surface area contributed by atoms with E-state index < -0.39 is 11.7 Å². The predicted octanol–water partition coefficient (Wildman–Crippen LogP) is 2.17. The third-order valence-corrected chi connectivity index (χ3v) is 5.31. The van der Waals surface area contributed by atoms with E-state index in [1.54, 1.807) is 6.07 Å². The molecule has 4 rings (SSSR count). The average molecular weight is 370 g/mol. The lowest BCUT2D eigenvalue weighted by molar-refractivity contribution is -0.130. The zero-order valence-electron chi connectivity index (χ0n) is 15.1. The Morgan fingerprint density at radius 1 is 1.22 bits per heavy atom. The smallest absolute Gasteiger partial charge is 0.254 e. The maximum atomic E-state index is 13.6. The third-order valence-electron chi connectivity index (χ3n) is 5.31. The van der Waals surface area contributed by atoms with Crippen molar-refractivity contribution in [2.45, 2.75) is 38.0 Å². The topological polar surface area (TPSA) is 78.1 Å². The van der Waals surface area contributed by atoms with E-state index >= 15 is 0 Å². The minimum Gasteiger partial charge on any atom is -0.351 e. The zero-order valence-corrected chi connectivity index (χ0v) is 15.1. The van der Waals surface area contributed by atoms with Crippen LogP contribution in [0.1, 0.15) is 52.5 Å². The van der Waals surface area contributed by atoms with Gasteiger partial charge in [0.1, 0.15) is 5.82 Å². The number of hydrogen-bond donors (Lipinski definition) is 2. The molecule has 2 aromatic rings. The van der Waals surface area contributed by atoms with Gasteiger partial charge in [-0.2, -0.15) is 5.10 Å². The number of hydrogen-bond acceptors (Lipinski definition) is 3. The molecule has 2 N–H and O–H groups in total.